The molecular weight excluding hydrogens is 279 g/mol. The van der Waals surface area contributed by atoms with Gasteiger partial charge in [0.2, 0.25) is 0 Å². The molecule has 0 spiro atoms. The molecule has 0 unspecified atom stereocenters. The number of carbonyl (C=O) groups excluding carboxylic acids is 3. The summed E-state index contributed by atoms with van der Waals surface area (Å²) < 4.78 is 15.0. The zero-order valence-electron chi connectivity index (χ0n) is 9.91. The number of carbonyl (C=O) groups is 3. The van der Waals surface area contributed by atoms with Crippen LogP contribution in [0.2, 0.25) is 0 Å². The second-order valence-corrected chi connectivity index (χ2v) is 5.75. The van der Waals surface area contributed by atoms with Gasteiger partial charge in [-0.3, -0.25) is 0 Å². The van der Waals surface area contributed by atoms with Crippen molar-refractivity contribution in [3.8, 4) is 0 Å². The molecule has 6 nitrogen and oxygen atoms in total. The Morgan fingerprint density at radius 1 is 0.750 bits per heavy atom. The summed E-state index contributed by atoms with van der Waals surface area (Å²) in [6, 6.07) is 7.82. The summed E-state index contributed by atoms with van der Waals surface area (Å²) in [5.41, 5.74) is 0.849. The Kier molecular flexibility index (Phi) is 2.19. The highest BCUT2D eigenvalue weighted by Crippen LogP contribution is 2.27. The first kappa shape index (κ1) is 11.5. The first-order valence-corrected chi connectivity index (χ1v) is 7.24. The molecule has 0 amide bonds. The van der Waals surface area contributed by atoms with Crippen molar-refractivity contribution < 1.29 is 25.7 Å². The molecular formula is C13H5AlO6. The van der Waals surface area contributed by atoms with E-state index < -0.39 is 33.1 Å². The van der Waals surface area contributed by atoms with Gasteiger partial charge in [0.05, 0.1) is 16.7 Å². The summed E-state index contributed by atoms with van der Waals surface area (Å²) in [6.45, 7) is 0. The van der Waals surface area contributed by atoms with Gasteiger partial charge in [-0.05, 0) is 35.0 Å². The van der Waals surface area contributed by atoms with Crippen molar-refractivity contribution in [3.63, 3.8) is 0 Å². The van der Waals surface area contributed by atoms with Gasteiger partial charge in [0, 0.05) is 0 Å². The fraction of sp³-hybridized carbons (Fsp3) is 0. The number of benzene rings is 2. The molecule has 0 radical (unpaired) electrons. The molecule has 20 heavy (non-hydrogen) atoms. The van der Waals surface area contributed by atoms with E-state index in [9.17, 15) is 14.4 Å². The van der Waals surface area contributed by atoms with Crippen molar-refractivity contribution in [2.24, 2.45) is 0 Å². The Morgan fingerprint density at radius 2 is 1.40 bits per heavy atom. The topological polar surface area (TPSA) is 78.9 Å². The lowest BCUT2D eigenvalue weighted by Gasteiger charge is -2.20. The van der Waals surface area contributed by atoms with E-state index >= 15 is 0 Å². The minimum atomic E-state index is -3.18. The molecule has 4 aliphatic rings. The van der Waals surface area contributed by atoms with Crippen LogP contribution in [-0.2, 0) is 11.4 Å². The first-order chi connectivity index (χ1) is 9.61. The van der Waals surface area contributed by atoms with Crippen molar-refractivity contribution in [2.75, 3.05) is 0 Å². The van der Waals surface area contributed by atoms with Crippen LogP contribution in [0.25, 0.3) is 10.8 Å². The molecule has 0 aromatic heterocycles. The highest BCUT2D eigenvalue weighted by atomic mass is 27.3. The first-order valence-electron chi connectivity index (χ1n) is 5.82. The van der Waals surface area contributed by atoms with E-state index in [-0.39, 0.29) is 11.1 Å². The monoisotopic (exact) mass is 284 g/mol. The van der Waals surface area contributed by atoms with Crippen LogP contribution in [0, 0.1) is 0 Å². The van der Waals surface area contributed by atoms with Crippen LogP contribution in [0.3, 0.4) is 0 Å². The van der Waals surface area contributed by atoms with E-state index in [0.717, 1.165) is 0 Å². The number of hydrogen-bond acceptors (Lipinski definition) is 6. The van der Waals surface area contributed by atoms with E-state index in [1.165, 1.54) is 6.07 Å². The smallest absolute Gasteiger partial charge is 0.547 e. The van der Waals surface area contributed by atoms with Gasteiger partial charge in [-0.1, -0.05) is 6.07 Å². The normalized spacial score (nSPS) is 16.4. The highest BCUT2D eigenvalue weighted by Gasteiger charge is 2.51. The second-order valence-electron chi connectivity index (χ2n) is 4.46. The third kappa shape index (κ3) is 1.54. The summed E-state index contributed by atoms with van der Waals surface area (Å²) in [4.78, 5) is 35.9. The molecule has 7 heteroatoms. The Labute approximate surface area is 117 Å². The Balaban J connectivity index is 2.18. The summed E-state index contributed by atoms with van der Waals surface area (Å²) in [7, 11) is 0. The fourth-order valence-electron chi connectivity index (χ4n) is 2.32. The van der Waals surface area contributed by atoms with Gasteiger partial charge in [0.1, 0.15) is 0 Å². The Bertz CT molecular complexity index is 807. The summed E-state index contributed by atoms with van der Waals surface area (Å²) in [6.07, 6.45) is 0. The average molecular weight is 284 g/mol. The average Bonchev–Trinajstić information content (AvgIpc) is 2.43. The number of rotatable bonds is 0. The molecule has 2 aromatic carbocycles. The van der Waals surface area contributed by atoms with Crippen molar-refractivity contribution in [3.05, 3.63) is 47.0 Å². The molecule has 0 N–H and O–H groups in total. The van der Waals surface area contributed by atoms with Crippen LogP contribution in [0.4, 0.5) is 0 Å². The molecule has 96 valence electrons. The molecule has 6 rings (SSSR count). The molecule has 2 aromatic rings. The van der Waals surface area contributed by atoms with Gasteiger partial charge in [-0.15, -0.1) is 0 Å². The minimum Gasteiger partial charge on any atom is -0.547 e. The van der Waals surface area contributed by atoms with Crippen LogP contribution in [0.15, 0.2) is 30.3 Å². The fourth-order valence-corrected chi connectivity index (χ4v) is 3.39. The van der Waals surface area contributed by atoms with Crippen molar-refractivity contribution >= 4 is 43.8 Å². The van der Waals surface area contributed by atoms with Crippen LogP contribution in [0.5, 0.6) is 0 Å². The lowest BCUT2D eigenvalue weighted by molar-refractivity contribution is 0.0402. The van der Waals surface area contributed by atoms with Crippen LogP contribution >= 0.6 is 0 Å². The number of hydrogen-bond donors (Lipinski definition) is 0. The minimum absolute atomic E-state index is 0.247. The second kappa shape index (κ2) is 3.82. The van der Waals surface area contributed by atoms with Gasteiger partial charge in [-0.2, -0.15) is 0 Å². The molecule has 4 heterocycles. The van der Waals surface area contributed by atoms with Crippen LogP contribution in [-0.4, -0.2) is 33.1 Å². The van der Waals surface area contributed by atoms with E-state index in [1.807, 2.05) is 0 Å². The SMILES string of the molecule is O=C1[O][Al]2[O]C(=O)c3cc(c4ccc1cc4c3)C(=O)[O]2. The van der Waals surface area contributed by atoms with Crippen molar-refractivity contribution in [1.29, 1.82) is 0 Å². The van der Waals surface area contributed by atoms with Crippen LogP contribution < -0.4 is 0 Å². The standard InChI is InChI=1S/C13H8O6.Al/c14-11(15)6-1-2-9-7(3-6)4-8(12(16)17)5-10(9)13(18)19;/h1-5H,(H,14,15)(H,16,17)(H,18,19);/q;+3/p-3. The lowest BCUT2D eigenvalue weighted by Crippen LogP contribution is -2.37. The quantitative estimate of drug-likeness (QED) is 0.679. The van der Waals surface area contributed by atoms with Gasteiger partial charge < -0.3 is 11.4 Å². The highest BCUT2D eigenvalue weighted by molar-refractivity contribution is 6.46. The zero-order chi connectivity index (χ0) is 13.9. The third-order valence-corrected chi connectivity index (χ3v) is 4.47. The van der Waals surface area contributed by atoms with E-state index in [0.29, 0.717) is 16.3 Å². The van der Waals surface area contributed by atoms with E-state index in [1.54, 1.807) is 24.3 Å². The van der Waals surface area contributed by atoms with E-state index in [2.05, 4.69) is 0 Å². The summed E-state index contributed by atoms with van der Waals surface area (Å²) >= 11 is -3.18. The van der Waals surface area contributed by atoms with Gasteiger partial charge >= 0.3 is 33.1 Å². The maximum absolute atomic E-state index is 12.1. The maximum atomic E-state index is 12.1. The largest absolute Gasteiger partial charge is 1.20 e. The molecule has 6 bridgehead atoms. The van der Waals surface area contributed by atoms with Gasteiger partial charge in [0.15, 0.2) is 0 Å². The maximum Gasteiger partial charge on any atom is 1.20 e. The number of fused-ring (bicyclic) bond motifs is 2. The Morgan fingerprint density at radius 3 is 2.20 bits per heavy atom. The van der Waals surface area contributed by atoms with Crippen molar-refractivity contribution in [2.45, 2.75) is 0 Å². The molecule has 0 saturated heterocycles. The molecule has 4 aliphatic heterocycles. The summed E-state index contributed by atoms with van der Waals surface area (Å²) in [5.74, 6) is -1.97. The van der Waals surface area contributed by atoms with Gasteiger partial charge in [0.25, 0.3) is 0 Å². The molecule has 0 atom stereocenters. The summed E-state index contributed by atoms with van der Waals surface area (Å²) in [5, 5.41) is 1.21. The lowest BCUT2D eigenvalue weighted by atomic mass is 9.99. The van der Waals surface area contributed by atoms with Crippen molar-refractivity contribution in [1.82, 2.24) is 0 Å². The predicted octanol–water partition coefficient (Wildman–Crippen LogP) is 1.32. The van der Waals surface area contributed by atoms with E-state index in [4.69, 9.17) is 11.4 Å². The zero-order valence-corrected chi connectivity index (χ0v) is 11.1. The molecule has 0 saturated carbocycles. The predicted molar refractivity (Wildman–Crippen MR) is 65.9 cm³/mol. The van der Waals surface area contributed by atoms with Gasteiger partial charge in [-0.25, -0.2) is 14.4 Å². The van der Waals surface area contributed by atoms with Crippen LogP contribution in [0.1, 0.15) is 31.1 Å². The Hall–Kier alpha value is -2.36. The third-order valence-electron chi connectivity index (χ3n) is 3.25. The molecule has 0 aliphatic carbocycles. The molecule has 0 fully saturated rings.